The fraction of sp³-hybridized carbons (Fsp3) is 0.231. The molecule has 1 N–H and O–H groups in total. The number of carbonyl (C=O) groups is 1. The van der Waals surface area contributed by atoms with Crippen molar-refractivity contribution in [2.45, 2.75) is 6.92 Å². The molecule has 1 rings (SSSR count). The summed E-state index contributed by atoms with van der Waals surface area (Å²) in [6.07, 6.45) is 1.65. The molecule has 0 aliphatic carbocycles. The van der Waals surface area contributed by atoms with E-state index in [1.165, 1.54) is 18.2 Å². The van der Waals surface area contributed by atoms with E-state index in [9.17, 15) is 14.9 Å². The van der Waals surface area contributed by atoms with Gasteiger partial charge in [0.1, 0.15) is 11.8 Å². The number of hydrogen-bond donors (Lipinski definition) is 1. The van der Waals surface area contributed by atoms with E-state index < -0.39 is 10.9 Å². The molecule has 0 unspecified atom stereocenters. The molecule has 0 radical (unpaired) electrons. The van der Waals surface area contributed by atoms with E-state index in [1.54, 1.807) is 25.3 Å². The fourth-order valence-corrected chi connectivity index (χ4v) is 2.01. The predicted molar refractivity (Wildman–Crippen MR) is 79.5 cm³/mol. The Balaban J connectivity index is 3.21. The fourth-order valence-electron chi connectivity index (χ4n) is 1.47. The summed E-state index contributed by atoms with van der Waals surface area (Å²) in [5.74, 6) is -0.768. The summed E-state index contributed by atoms with van der Waals surface area (Å²) in [5, 5.41) is 23.0. The number of nitro benzene ring substituents is 1. The highest BCUT2D eigenvalue weighted by Crippen LogP contribution is 2.28. The highest BCUT2D eigenvalue weighted by molar-refractivity contribution is 8.02. The van der Waals surface area contributed by atoms with Crippen LogP contribution in [-0.4, -0.2) is 23.8 Å². The number of nitrogens with zero attached hydrogens (tertiary/aromatic N) is 2. The van der Waals surface area contributed by atoms with Crippen LogP contribution in [0, 0.1) is 21.4 Å². The number of nitriles is 1. The van der Waals surface area contributed by atoms with Crippen LogP contribution in [-0.2, 0) is 9.53 Å². The second-order valence-electron chi connectivity index (χ2n) is 3.64. The lowest BCUT2D eigenvalue weighted by molar-refractivity contribution is -0.383. The molecule has 1 aromatic carbocycles. The number of hydrogen-bond acceptors (Lipinski definition) is 7. The van der Waals surface area contributed by atoms with Crippen LogP contribution in [0.1, 0.15) is 6.92 Å². The first-order valence-electron chi connectivity index (χ1n) is 5.91. The van der Waals surface area contributed by atoms with Crippen LogP contribution in [0.2, 0.25) is 0 Å². The maximum absolute atomic E-state index is 11.7. The smallest absolute Gasteiger partial charge is 0.351 e. The number of ether oxygens (including phenoxy) is 1. The molecule has 8 heteroatoms. The summed E-state index contributed by atoms with van der Waals surface area (Å²) in [7, 11) is 0. The largest absolute Gasteiger partial charge is 0.462 e. The molecule has 0 fully saturated rings. The summed E-state index contributed by atoms with van der Waals surface area (Å²) < 4.78 is 4.79. The van der Waals surface area contributed by atoms with Crippen molar-refractivity contribution in [1.82, 2.24) is 0 Å². The van der Waals surface area contributed by atoms with Gasteiger partial charge in [0.25, 0.3) is 5.69 Å². The van der Waals surface area contributed by atoms with Crippen molar-refractivity contribution in [3.8, 4) is 6.07 Å². The molecule has 0 amide bonds. The van der Waals surface area contributed by atoms with E-state index >= 15 is 0 Å². The minimum atomic E-state index is -0.768. The third-order valence-electron chi connectivity index (χ3n) is 2.37. The number of rotatable bonds is 6. The van der Waals surface area contributed by atoms with Gasteiger partial charge in [-0.15, -0.1) is 11.8 Å². The van der Waals surface area contributed by atoms with Gasteiger partial charge in [-0.3, -0.25) is 10.1 Å². The van der Waals surface area contributed by atoms with Gasteiger partial charge in [-0.2, -0.15) is 5.26 Å². The Hall–Kier alpha value is -2.53. The Morgan fingerprint density at radius 3 is 2.71 bits per heavy atom. The molecule has 0 spiro atoms. The van der Waals surface area contributed by atoms with Gasteiger partial charge < -0.3 is 10.1 Å². The molecule has 0 aliphatic heterocycles. The van der Waals surface area contributed by atoms with Gasteiger partial charge in [-0.05, 0) is 19.2 Å². The quantitative estimate of drug-likeness (QED) is 0.283. The molecule has 7 nitrogen and oxygen atoms in total. The summed E-state index contributed by atoms with van der Waals surface area (Å²) >= 11 is 1.09. The number of benzene rings is 1. The van der Waals surface area contributed by atoms with Crippen molar-refractivity contribution in [3.05, 3.63) is 45.0 Å². The second-order valence-corrected chi connectivity index (χ2v) is 4.46. The van der Waals surface area contributed by atoms with Gasteiger partial charge in [0.2, 0.25) is 0 Å². The first kappa shape index (κ1) is 16.5. The van der Waals surface area contributed by atoms with Crippen molar-refractivity contribution in [3.63, 3.8) is 0 Å². The van der Waals surface area contributed by atoms with E-state index in [2.05, 4.69) is 5.32 Å². The number of para-hydroxylation sites is 2. The van der Waals surface area contributed by atoms with Crippen molar-refractivity contribution < 1.29 is 14.5 Å². The Labute approximate surface area is 125 Å². The summed E-state index contributed by atoms with van der Waals surface area (Å²) in [4.78, 5) is 22.1. The van der Waals surface area contributed by atoms with Crippen LogP contribution >= 0.6 is 11.8 Å². The van der Waals surface area contributed by atoms with E-state index in [0.717, 1.165) is 11.8 Å². The number of esters is 1. The Morgan fingerprint density at radius 1 is 1.52 bits per heavy atom. The molecule has 110 valence electrons. The van der Waals surface area contributed by atoms with E-state index in [-0.39, 0.29) is 28.6 Å². The molecule has 0 aliphatic rings. The SMILES string of the molecule is CCOC(=O)C(C#N)=C(Nc1ccccc1[N+](=O)[O-])SC. The van der Waals surface area contributed by atoms with Gasteiger partial charge in [0.05, 0.1) is 16.6 Å². The molecular weight excluding hydrogens is 294 g/mol. The molecule has 0 heterocycles. The molecule has 0 aromatic heterocycles. The van der Waals surface area contributed by atoms with Crippen LogP contribution in [0.3, 0.4) is 0 Å². The molecule has 21 heavy (non-hydrogen) atoms. The van der Waals surface area contributed by atoms with Crippen molar-refractivity contribution in [1.29, 1.82) is 5.26 Å². The van der Waals surface area contributed by atoms with Crippen molar-refractivity contribution in [2.24, 2.45) is 0 Å². The molecule has 0 atom stereocenters. The van der Waals surface area contributed by atoms with E-state index in [0.29, 0.717) is 0 Å². The number of nitro groups is 1. The van der Waals surface area contributed by atoms with Crippen molar-refractivity contribution >= 4 is 29.1 Å². The van der Waals surface area contributed by atoms with Gasteiger partial charge in [-0.1, -0.05) is 12.1 Å². The van der Waals surface area contributed by atoms with E-state index in [4.69, 9.17) is 10.00 Å². The maximum atomic E-state index is 11.7. The third kappa shape index (κ3) is 4.22. The number of carbonyl (C=O) groups excluding carboxylic acids is 1. The number of anilines is 1. The van der Waals surface area contributed by atoms with Crippen LogP contribution in [0.15, 0.2) is 34.9 Å². The van der Waals surface area contributed by atoms with Gasteiger partial charge >= 0.3 is 5.97 Å². The molecule has 1 aromatic rings. The number of thioether (sulfide) groups is 1. The second kappa shape index (κ2) is 7.91. The lowest BCUT2D eigenvalue weighted by Gasteiger charge is -2.10. The Morgan fingerprint density at radius 2 is 2.19 bits per heavy atom. The highest BCUT2D eigenvalue weighted by Gasteiger charge is 2.19. The predicted octanol–water partition coefficient (Wildman–Crippen LogP) is 2.67. The Kier molecular flexibility index (Phi) is 6.23. The zero-order valence-electron chi connectivity index (χ0n) is 11.5. The zero-order valence-corrected chi connectivity index (χ0v) is 12.3. The summed E-state index contributed by atoms with van der Waals surface area (Å²) in [6, 6.07) is 7.73. The minimum Gasteiger partial charge on any atom is -0.462 e. The van der Waals surface area contributed by atoms with E-state index in [1.807, 2.05) is 0 Å². The monoisotopic (exact) mass is 307 g/mol. The molecule has 0 saturated heterocycles. The topological polar surface area (TPSA) is 105 Å². The van der Waals surface area contributed by atoms with Crippen LogP contribution in [0.5, 0.6) is 0 Å². The Bertz CT molecular complexity index is 622. The van der Waals surface area contributed by atoms with Gasteiger partial charge in [0.15, 0.2) is 5.57 Å². The standard InChI is InChI=1S/C13H13N3O4S/c1-3-20-13(17)9(8-14)12(21-2)15-10-6-4-5-7-11(10)16(18)19/h4-7,15H,3H2,1-2H3. The van der Waals surface area contributed by atoms with Gasteiger partial charge in [0, 0.05) is 6.07 Å². The van der Waals surface area contributed by atoms with Gasteiger partial charge in [-0.25, -0.2) is 4.79 Å². The first-order valence-corrected chi connectivity index (χ1v) is 7.13. The average molecular weight is 307 g/mol. The minimum absolute atomic E-state index is 0.136. The lowest BCUT2D eigenvalue weighted by atomic mass is 10.2. The summed E-state index contributed by atoms with van der Waals surface area (Å²) in [5.41, 5.74) is -0.170. The van der Waals surface area contributed by atoms with Crippen LogP contribution in [0.4, 0.5) is 11.4 Å². The van der Waals surface area contributed by atoms with Crippen LogP contribution in [0.25, 0.3) is 0 Å². The van der Waals surface area contributed by atoms with Crippen molar-refractivity contribution in [2.75, 3.05) is 18.2 Å². The first-order chi connectivity index (χ1) is 10.0. The van der Waals surface area contributed by atoms with Crippen LogP contribution < -0.4 is 5.32 Å². The summed E-state index contributed by atoms with van der Waals surface area (Å²) in [6.45, 7) is 1.76. The maximum Gasteiger partial charge on any atom is 0.351 e. The zero-order chi connectivity index (χ0) is 15.8. The normalized spacial score (nSPS) is 11.1. The molecule has 0 bridgehead atoms. The lowest BCUT2D eigenvalue weighted by Crippen LogP contribution is -2.12. The molecule has 0 saturated carbocycles. The molecular formula is C13H13N3O4S. The highest BCUT2D eigenvalue weighted by atomic mass is 32.2. The average Bonchev–Trinajstić information content (AvgIpc) is 2.47. The number of nitrogens with one attached hydrogen (secondary N) is 1. The third-order valence-corrected chi connectivity index (χ3v) is 3.09.